The summed E-state index contributed by atoms with van der Waals surface area (Å²) in [5.41, 5.74) is 0. The summed E-state index contributed by atoms with van der Waals surface area (Å²) in [4.78, 5) is 7.20. The van der Waals surface area contributed by atoms with Gasteiger partial charge < -0.3 is 4.74 Å². The summed E-state index contributed by atoms with van der Waals surface area (Å²) in [5.74, 6) is -0.0594. The number of ether oxygens (including phenoxy) is 1. The number of hydrogen-bond acceptors (Lipinski definition) is 3. The molecular weight excluding hydrogens is 256 g/mol. The monoisotopic (exact) mass is 260 g/mol. The lowest BCUT2D eigenvalue weighted by molar-refractivity contribution is -0.136. The molecule has 0 radical (unpaired) electrons. The van der Waals surface area contributed by atoms with Gasteiger partial charge in [-0.05, 0) is 0 Å². The van der Waals surface area contributed by atoms with Crippen molar-refractivity contribution in [3.05, 3.63) is 22.2 Å². The molecule has 1 atom stereocenters. The van der Waals surface area contributed by atoms with Crippen molar-refractivity contribution < 1.29 is 17.9 Å². The molecular formula is C7H5Cl2F3N2O. The molecule has 0 amide bonds. The molecule has 0 spiro atoms. The van der Waals surface area contributed by atoms with Crippen molar-refractivity contribution in [2.45, 2.75) is 19.4 Å². The zero-order chi connectivity index (χ0) is 11.4. The van der Waals surface area contributed by atoms with E-state index in [4.69, 9.17) is 23.2 Å². The highest BCUT2D eigenvalue weighted by Gasteiger charge is 2.20. The van der Waals surface area contributed by atoms with Gasteiger partial charge in [-0.1, -0.05) is 23.2 Å². The van der Waals surface area contributed by atoms with Gasteiger partial charge in [0.1, 0.15) is 16.9 Å². The van der Waals surface area contributed by atoms with Crippen molar-refractivity contribution in [2.24, 2.45) is 0 Å². The number of alkyl halides is 3. The second-order valence-corrected chi connectivity index (χ2v) is 3.20. The van der Waals surface area contributed by atoms with Gasteiger partial charge in [0.15, 0.2) is 5.82 Å². The quantitative estimate of drug-likeness (QED) is 0.781. The van der Waals surface area contributed by atoms with Gasteiger partial charge in [0.05, 0.1) is 0 Å². The summed E-state index contributed by atoms with van der Waals surface area (Å²) < 4.78 is 39.9. The molecule has 0 bridgehead atoms. The molecule has 1 aromatic heterocycles. The van der Waals surface area contributed by atoms with E-state index in [1.807, 2.05) is 0 Å². The number of rotatable bonds is 4. The van der Waals surface area contributed by atoms with E-state index in [9.17, 15) is 13.2 Å². The highest BCUT2D eigenvalue weighted by atomic mass is 35.5. The minimum Gasteiger partial charge on any atom is -0.336 e. The van der Waals surface area contributed by atoms with Crippen molar-refractivity contribution in [2.75, 3.05) is 0 Å². The molecule has 0 aliphatic carbocycles. The van der Waals surface area contributed by atoms with E-state index in [0.29, 0.717) is 0 Å². The molecule has 0 aromatic carbocycles. The standard InChI is InChI=1S/C7H5Cl2F3N2O/c8-3-1-4(9)14-5(13-3)2-15-7(12)6(10)11/h1,6-7H,2H2. The normalized spacial score (nSPS) is 13.2. The van der Waals surface area contributed by atoms with Crippen LogP contribution in [0.25, 0.3) is 0 Å². The zero-order valence-corrected chi connectivity index (χ0v) is 8.64. The van der Waals surface area contributed by atoms with E-state index in [1.165, 1.54) is 6.07 Å². The minimum absolute atomic E-state index is 0.0288. The van der Waals surface area contributed by atoms with E-state index in [0.717, 1.165) is 0 Å². The number of hydrogen-bond donors (Lipinski definition) is 0. The smallest absolute Gasteiger partial charge is 0.293 e. The largest absolute Gasteiger partial charge is 0.336 e. The fourth-order valence-corrected chi connectivity index (χ4v) is 1.18. The summed E-state index contributed by atoms with van der Waals surface area (Å²) in [6.45, 7) is -0.522. The Hall–Kier alpha value is -0.590. The fourth-order valence-electron chi connectivity index (χ4n) is 0.726. The molecule has 0 saturated heterocycles. The Morgan fingerprint density at radius 3 is 2.20 bits per heavy atom. The average molecular weight is 261 g/mol. The van der Waals surface area contributed by atoms with Gasteiger partial charge in [0, 0.05) is 6.07 Å². The lowest BCUT2D eigenvalue weighted by Gasteiger charge is -2.07. The lowest BCUT2D eigenvalue weighted by Crippen LogP contribution is -2.16. The molecule has 8 heteroatoms. The van der Waals surface area contributed by atoms with Crippen LogP contribution in [0.1, 0.15) is 5.82 Å². The van der Waals surface area contributed by atoms with Crippen LogP contribution in [-0.2, 0) is 11.3 Å². The molecule has 84 valence electrons. The van der Waals surface area contributed by atoms with E-state index < -0.39 is 19.4 Å². The van der Waals surface area contributed by atoms with Crippen molar-refractivity contribution >= 4 is 23.2 Å². The minimum atomic E-state index is -3.21. The third-order valence-electron chi connectivity index (χ3n) is 1.28. The van der Waals surface area contributed by atoms with Gasteiger partial charge in [-0.15, -0.1) is 0 Å². The summed E-state index contributed by atoms with van der Waals surface area (Å²) in [6.07, 6.45) is -5.88. The predicted octanol–water partition coefficient (Wildman–Crippen LogP) is 2.86. The molecule has 1 heterocycles. The molecule has 0 aliphatic rings. The van der Waals surface area contributed by atoms with Gasteiger partial charge in [-0.25, -0.2) is 23.1 Å². The molecule has 1 rings (SSSR count). The maximum absolute atomic E-state index is 12.3. The average Bonchev–Trinajstić information content (AvgIpc) is 2.12. The van der Waals surface area contributed by atoms with E-state index in [-0.39, 0.29) is 16.1 Å². The van der Waals surface area contributed by atoms with Crippen molar-refractivity contribution in [3.63, 3.8) is 0 Å². The number of halogens is 5. The topological polar surface area (TPSA) is 35.0 Å². The SMILES string of the molecule is FC(F)C(F)OCc1nc(Cl)cc(Cl)n1. The first-order valence-corrected chi connectivity index (χ1v) is 4.47. The maximum atomic E-state index is 12.3. The van der Waals surface area contributed by atoms with Crippen LogP contribution in [0.3, 0.4) is 0 Å². The summed E-state index contributed by atoms with van der Waals surface area (Å²) in [6, 6.07) is 1.26. The molecule has 15 heavy (non-hydrogen) atoms. The predicted molar refractivity (Wildman–Crippen MR) is 47.7 cm³/mol. The first-order chi connectivity index (χ1) is 6.99. The first kappa shape index (κ1) is 12.5. The summed E-state index contributed by atoms with van der Waals surface area (Å²) in [7, 11) is 0. The Morgan fingerprint density at radius 2 is 1.73 bits per heavy atom. The van der Waals surface area contributed by atoms with Gasteiger partial charge in [0.25, 0.3) is 12.8 Å². The van der Waals surface area contributed by atoms with Crippen LogP contribution in [0, 0.1) is 0 Å². The molecule has 0 saturated carbocycles. The van der Waals surface area contributed by atoms with E-state index >= 15 is 0 Å². The molecule has 0 fully saturated rings. The molecule has 0 N–H and O–H groups in total. The second-order valence-electron chi connectivity index (χ2n) is 2.43. The van der Waals surface area contributed by atoms with Crippen molar-refractivity contribution in [1.29, 1.82) is 0 Å². The Labute approximate surface area is 93.2 Å². The lowest BCUT2D eigenvalue weighted by atomic mass is 10.5. The third-order valence-corrected chi connectivity index (χ3v) is 1.67. The molecule has 0 aliphatic heterocycles. The van der Waals surface area contributed by atoms with E-state index in [1.54, 1.807) is 0 Å². The van der Waals surface area contributed by atoms with Gasteiger partial charge in [0.2, 0.25) is 0 Å². The Bertz CT molecular complexity index is 320. The molecule has 1 unspecified atom stereocenters. The van der Waals surface area contributed by atoms with Gasteiger partial charge in [-0.2, -0.15) is 0 Å². The zero-order valence-electron chi connectivity index (χ0n) is 7.13. The number of aromatic nitrogens is 2. The molecule has 3 nitrogen and oxygen atoms in total. The van der Waals surface area contributed by atoms with Crippen LogP contribution in [0.15, 0.2) is 6.07 Å². The second kappa shape index (κ2) is 5.48. The third kappa shape index (κ3) is 4.19. The van der Waals surface area contributed by atoms with Crippen molar-refractivity contribution in [1.82, 2.24) is 9.97 Å². The Kier molecular flexibility index (Phi) is 4.56. The first-order valence-electron chi connectivity index (χ1n) is 3.72. The van der Waals surface area contributed by atoms with Crippen LogP contribution < -0.4 is 0 Å². The molecule has 1 aromatic rings. The van der Waals surface area contributed by atoms with Gasteiger partial charge in [-0.3, -0.25) is 0 Å². The van der Waals surface area contributed by atoms with Crippen LogP contribution in [-0.4, -0.2) is 22.8 Å². The fraction of sp³-hybridized carbons (Fsp3) is 0.429. The van der Waals surface area contributed by atoms with E-state index in [2.05, 4.69) is 14.7 Å². The summed E-state index contributed by atoms with van der Waals surface area (Å²) >= 11 is 11.0. The van der Waals surface area contributed by atoms with Crippen LogP contribution in [0.2, 0.25) is 10.3 Å². The van der Waals surface area contributed by atoms with Crippen LogP contribution >= 0.6 is 23.2 Å². The van der Waals surface area contributed by atoms with Crippen LogP contribution in [0.4, 0.5) is 13.2 Å². The van der Waals surface area contributed by atoms with Crippen molar-refractivity contribution in [3.8, 4) is 0 Å². The number of nitrogens with zero attached hydrogens (tertiary/aromatic N) is 2. The van der Waals surface area contributed by atoms with Gasteiger partial charge >= 0.3 is 0 Å². The maximum Gasteiger partial charge on any atom is 0.293 e. The highest BCUT2D eigenvalue weighted by Crippen LogP contribution is 2.14. The van der Waals surface area contributed by atoms with Crippen LogP contribution in [0.5, 0.6) is 0 Å². The Morgan fingerprint density at radius 1 is 1.20 bits per heavy atom. The highest BCUT2D eigenvalue weighted by molar-refractivity contribution is 6.33. The Balaban J connectivity index is 2.57. The summed E-state index contributed by atoms with van der Waals surface area (Å²) in [5, 5.41) is 0.0575.